The van der Waals surface area contributed by atoms with Crippen LogP contribution in [0.4, 0.5) is 21.5 Å². The minimum Gasteiger partial charge on any atom is -0.383 e. The smallest absolute Gasteiger partial charge is 0.257 e. The number of amides is 1. The van der Waals surface area contributed by atoms with Crippen molar-refractivity contribution in [3.05, 3.63) is 60.0 Å². The molecule has 0 unspecified atom stereocenters. The van der Waals surface area contributed by atoms with Gasteiger partial charge in [0.05, 0.1) is 17.9 Å². The van der Waals surface area contributed by atoms with Crippen LogP contribution in [-0.4, -0.2) is 33.2 Å². The van der Waals surface area contributed by atoms with Crippen LogP contribution < -0.4 is 15.5 Å². The Balaban J connectivity index is 1.76. The number of nitrogens with zero attached hydrogens (tertiary/aromatic N) is 1. The molecule has 1 heterocycles. The molecule has 0 spiro atoms. The predicted molar refractivity (Wildman–Crippen MR) is 98.2 cm³/mol. The van der Waals surface area contributed by atoms with Crippen LogP contribution in [0, 0.1) is 5.82 Å². The Morgan fingerprint density at radius 1 is 1.28 bits per heavy atom. The van der Waals surface area contributed by atoms with Crippen LogP contribution in [0.3, 0.4) is 0 Å². The first-order chi connectivity index (χ1) is 12.1. The lowest BCUT2D eigenvalue weighted by Crippen LogP contribution is -2.23. The number of para-hydroxylation sites is 1. The summed E-state index contributed by atoms with van der Waals surface area (Å²) in [5.74, 6) is -0.511. The third kappa shape index (κ3) is 3.64. The molecule has 0 saturated carbocycles. The van der Waals surface area contributed by atoms with Crippen LogP contribution in [0.5, 0.6) is 0 Å². The number of hydrogen-bond donors (Lipinski definition) is 2. The molecule has 0 aromatic heterocycles. The summed E-state index contributed by atoms with van der Waals surface area (Å²) >= 11 is 0. The van der Waals surface area contributed by atoms with E-state index in [1.807, 2.05) is 31.3 Å². The van der Waals surface area contributed by atoms with E-state index in [1.54, 1.807) is 30.3 Å². The molecule has 0 fully saturated rings. The fourth-order valence-electron chi connectivity index (χ4n) is 2.69. The number of benzene rings is 2. The van der Waals surface area contributed by atoms with Gasteiger partial charge in [-0.3, -0.25) is 4.79 Å². The van der Waals surface area contributed by atoms with Crippen molar-refractivity contribution in [1.29, 1.82) is 0 Å². The van der Waals surface area contributed by atoms with Gasteiger partial charge in [-0.05, 0) is 24.3 Å². The first kappa shape index (κ1) is 17.0. The molecule has 1 amide bonds. The Labute approximate surface area is 146 Å². The van der Waals surface area contributed by atoms with Crippen molar-refractivity contribution in [2.45, 2.75) is 0 Å². The minimum atomic E-state index is -0.335. The van der Waals surface area contributed by atoms with Gasteiger partial charge in [-0.1, -0.05) is 18.2 Å². The number of methoxy groups -OCH3 is 1. The van der Waals surface area contributed by atoms with E-state index < -0.39 is 0 Å². The summed E-state index contributed by atoms with van der Waals surface area (Å²) < 4.78 is 19.3. The second kappa shape index (κ2) is 7.36. The Bertz CT molecular complexity index is 820. The van der Waals surface area contributed by atoms with E-state index in [9.17, 15) is 9.18 Å². The zero-order valence-electron chi connectivity index (χ0n) is 14.2. The van der Waals surface area contributed by atoms with Crippen molar-refractivity contribution in [2.24, 2.45) is 0 Å². The monoisotopic (exact) mass is 341 g/mol. The van der Waals surface area contributed by atoms with Crippen molar-refractivity contribution < 1.29 is 13.9 Å². The normalized spacial score (nSPS) is 14.4. The average molecular weight is 341 g/mol. The highest BCUT2D eigenvalue weighted by Crippen LogP contribution is 2.31. The second-order valence-corrected chi connectivity index (χ2v) is 5.78. The van der Waals surface area contributed by atoms with E-state index in [0.29, 0.717) is 30.1 Å². The molecule has 3 rings (SSSR count). The molecule has 2 N–H and O–H groups in total. The van der Waals surface area contributed by atoms with Crippen LogP contribution >= 0.6 is 0 Å². The number of fused-ring (bicyclic) bond motifs is 1. The third-order valence-corrected chi connectivity index (χ3v) is 4.08. The summed E-state index contributed by atoms with van der Waals surface area (Å²) in [6, 6.07) is 12.3. The summed E-state index contributed by atoms with van der Waals surface area (Å²) in [5, 5.41) is 5.80. The molecule has 2 aromatic rings. The molecule has 0 bridgehead atoms. The van der Waals surface area contributed by atoms with Crippen molar-refractivity contribution in [3.63, 3.8) is 0 Å². The number of ether oxygens (including phenoxy) is 1. The van der Waals surface area contributed by atoms with Gasteiger partial charge in [-0.2, -0.15) is 0 Å². The Kier molecular flexibility index (Phi) is 5.00. The molecule has 2 aromatic carbocycles. The van der Waals surface area contributed by atoms with Gasteiger partial charge in [0, 0.05) is 43.8 Å². The average Bonchev–Trinajstić information content (AvgIpc) is 2.93. The van der Waals surface area contributed by atoms with E-state index >= 15 is 0 Å². The van der Waals surface area contributed by atoms with E-state index in [2.05, 4.69) is 10.6 Å². The fraction of sp³-hybridized carbons (Fsp3) is 0.211. The van der Waals surface area contributed by atoms with Gasteiger partial charge in [0.2, 0.25) is 0 Å². The maximum Gasteiger partial charge on any atom is 0.257 e. The first-order valence-electron chi connectivity index (χ1n) is 7.97. The Morgan fingerprint density at radius 3 is 2.84 bits per heavy atom. The number of nitrogens with one attached hydrogen (secondary N) is 2. The van der Waals surface area contributed by atoms with E-state index in [-0.39, 0.29) is 11.7 Å². The number of halogens is 1. The maximum absolute atomic E-state index is 14.3. The molecule has 0 aliphatic carbocycles. The van der Waals surface area contributed by atoms with Gasteiger partial charge in [-0.15, -0.1) is 0 Å². The molecule has 130 valence electrons. The molecule has 1 aliphatic heterocycles. The lowest BCUT2D eigenvalue weighted by molar-refractivity contribution is -0.110. The minimum absolute atomic E-state index is 0.176. The lowest BCUT2D eigenvalue weighted by atomic mass is 10.1. The van der Waals surface area contributed by atoms with Crippen molar-refractivity contribution in [1.82, 2.24) is 0 Å². The number of likely N-dealkylation sites (N-methyl/N-ethyl adjacent to an activating group) is 1. The standard InChI is InChI=1S/C19H20FN3O2/c1-23(9-10-25-2)18-8-7-13(11-16(18)20)21-12-15-14-5-3-4-6-17(14)22-19(15)24/h3-8,11-12,21H,9-10H2,1-2H3,(H,22,24). The summed E-state index contributed by atoms with van der Waals surface area (Å²) in [4.78, 5) is 13.8. The number of carbonyl (C=O) groups is 1. The fourth-order valence-corrected chi connectivity index (χ4v) is 2.69. The van der Waals surface area contributed by atoms with Crippen LogP contribution in [0.1, 0.15) is 5.56 Å². The SMILES string of the molecule is COCCN(C)c1ccc(NC=C2C(=O)Nc3ccccc32)cc1F. The third-order valence-electron chi connectivity index (χ3n) is 4.08. The number of rotatable bonds is 6. The number of hydrogen-bond acceptors (Lipinski definition) is 4. The van der Waals surface area contributed by atoms with Gasteiger partial charge < -0.3 is 20.3 Å². The van der Waals surface area contributed by atoms with Crippen LogP contribution in [-0.2, 0) is 9.53 Å². The van der Waals surface area contributed by atoms with E-state index in [1.165, 1.54) is 6.07 Å². The highest BCUT2D eigenvalue weighted by atomic mass is 19.1. The lowest BCUT2D eigenvalue weighted by Gasteiger charge is -2.19. The molecule has 6 heteroatoms. The number of carbonyl (C=O) groups excluding carboxylic acids is 1. The van der Waals surface area contributed by atoms with Gasteiger partial charge in [0.15, 0.2) is 0 Å². The zero-order valence-corrected chi connectivity index (χ0v) is 14.2. The topological polar surface area (TPSA) is 53.6 Å². The van der Waals surface area contributed by atoms with E-state index in [0.717, 1.165) is 11.3 Å². The van der Waals surface area contributed by atoms with Crippen LogP contribution in [0.2, 0.25) is 0 Å². The molecule has 0 radical (unpaired) electrons. The van der Waals surface area contributed by atoms with Gasteiger partial charge >= 0.3 is 0 Å². The predicted octanol–water partition coefficient (Wildman–Crippen LogP) is 3.31. The Morgan fingerprint density at radius 2 is 2.08 bits per heavy atom. The molecule has 1 aliphatic rings. The largest absolute Gasteiger partial charge is 0.383 e. The maximum atomic E-state index is 14.3. The quantitative estimate of drug-likeness (QED) is 0.792. The highest BCUT2D eigenvalue weighted by molar-refractivity contribution is 6.31. The summed E-state index contributed by atoms with van der Waals surface area (Å²) in [6.45, 7) is 1.12. The van der Waals surface area contributed by atoms with Crippen LogP contribution in [0.15, 0.2) is 48.7 Å². The second-order valence-electron chi connectivity index (χ2n) is 5.78. The molecular formula is C19H20FN3O2. The van der Waals surface area contributed by atoms with Crippen molar-refractivity contribution in [3.8, 4) is 0 Å². The van der Waals surface area contributed by atoms with Gasteiger partial charge in [0.25, 0.3) is 5.91 Å². The summed E-state index contributed by atoms with van der Waals surface area (Å²) in [5.41, 5.74) is 3.21. The summed E-state index contributed by atoms with van der Waals surface area (Å²) in [6.07, 6.45) is 1.60. The van der Waals surface area contributed by atoms with Gasteiger partial charge in [0.1, 0.15) is 5.82 Å². The molecular weight excluding hydrogens is 321 g/mol. The molecule has 5 nitrogen and oxygen atoms in total. The van der Waals surface area contributed by atoms with Crippen molar-refractivity contribution in [2.75, 3.05) is 42.8 Å². The molecule has 25 heavy (non-hydrogen) atoms. The first-order valence-corrected chi connectivity index (χ1v) is 7.97. The molecule has 0 saturated heterocycles. The van der Waals surface area contributed by atoms with Crippen LogP contribution in [0.25, 0.3) is 5.57 Å². The van der Waals surface area contributed by atoms with Gasteiger partial charge in [-0.25, -0.2) is 4.39 Å². The zero-order chi connectivity index (χ0) is 17.8. The van der Waals surface area contributed by atoms with E-state index in [4.69, 9.17) is 4.74 Å². The van der Waals surface area contributed by atoms with Crippen molar-refractivity contribution >= 4 is 28.5 Å². The highest BCUT2D eigenvalue weighted by Gasteiger charge is 2.23. The summed E-state index contributed by atoms with van der Waals surface area (Å²) in [7, 11) is 3.42. The Hall–Kier alpha value is -2.86. The molecule has 0 atom stereocenters. The number of anilines is 3.